The minimum Gasteiger partial charge on any atom is -0.329 e. The molecule has 0 aromatic heterocycles. The third kappa shape index (κ3) is 4.17. The Labute approximate surface area is 96.3 Å². The van der Waals surface area contributed by atoms with Gasteiger partial charge in [0.15, 0.2) is 0 Å². The Balaban J connectivity index is 0.00000196. The van der Waals surface area contributed by atoms with E-state index in [1.807, 2.05) is 0 Å². The maximum absolute atomic E-state index is 11.6. The van der Waals surface area contributed by atoms with Gasteiger partial charge in [-0.3, -0.25) is 0 Å². The summed E-state index contributed by atoms with van der Waals surface area (Å²) >= 11 is 0. The van der Waals surface area contributed by atoms with Crippen molar-refractivity contribution >= 4 is 22.4 Å². The van der Waals surface area contributed by atoms with E-state index in [2.05, 4.69) is 4.72 Å². The summed E-state index contributed by atoms with van der Waals surface area (Å²) < 4.78 is 25.7. The smallest absolute Gasteiger partial charge is 0.240 e. The first kappa shape index (κ1) is 14.4. The molecule has 0 bridgehead atoms. The second kappa shape index (κ2) is 6.07. The standard InChI is InChI=1S/C9H14N2O2S.ClH/c1-8(7-10)11-14(12,13)9-5-3-2-4-6-9;/h2-6,8,11H,7,10H2,1H3;1H/t8-;/m1./s1. The van der Waals surface area contributed by atoms with Gasteiger partial charge in [0.1, 0.15) is 0 Å². The Kier molecular flexibility index (Phi) is 5.82. The van der Waals surface area contributed by atoms with Crippen LogP contribution in [0.1, 0.15) is 6.92 Å². The van der Waals surface area contributed by atoms with E-state index in [1.165, 1.54) is 0 Å². The lowest BCUT2D eigenvalue weighted by atomic mass is 10.4. The van der Waals surface area contributed by atoms with Crippen molar-refractivity contribution in [3.05, 3.63) is 30.3 Å². The molecule has 6 heteroatoms. The Morgan fingerprint density at radius 2 is 1.87 bits per heavy atom. The molecule has 1 aromatic carbocycles. The van der Waals surface area contributed by atoms with Crippen LogP contribution in [0.4, 0.5) is 0 Å². The van der Waals surface area contributed by atoms with Crippen LogP contribution >= 0.6 is 12.4 Å². The van der Waals surface area contributed by atoms with E-state index >= 15 is 0 Å². The maximum atomic E-state index is 11.6. The summed E-state index contributed by atoms with van der Waals surface area (Å²) in [6, 6.07) is 7.98. The third-order valence-electron chi connectivity index (χ3n) is 1.76. The largest absolute Gasteiger partial charge is 0.329 e. The SMILES string of the molecule is C[C@H](CN)NS(=O)(=O)c1ccccc1.Cl. The van der Waals surface area contributed by atoms with Gasteiger partial charge >= 0.3 is 0 Å². The van der Waals surface area contributed by atoms with Gasteiger partial charge in [0, 0.05) is 12.6 Å². The zero-order valence-electron chi connectivity index (χ0n) is 8.38. The number of halogens is 1. The highest BCUT2D eigenvalue weighted by Gasteiger charge is 2.15. The third-order valence-corrected chi connectivity index (χ3v) is 3.37. The number of nitrogens with two attached hydrogens (primary N) is 1. The van der Waals surface area contributed by atoms with Crippen molar-refractivity contribution in [1.29, 1.82) is 0 Å². The molecule has 0 aliphatic carbocycles. The molecule has 4 nitrogen and oxygen atoms in total. The van der Waals surface area contributed by atoms with Crippen LogP contribution in [0, 0.1) is 0 Å². The summed E-state index contributed by atoms with van der Waals surface area (Å²) in [6.07, 6.45) is 0. The highest BCUT2D eigenvalue weighted by Crippen LogP contribution is 2.07. The number of hydrogen-bond donors (Lipinski definition) is 2. The average Bonchev–Trinajstić information content (AvgIpc) is 2.18. The van der Waals surface area contributed by atoms with Gasteiger partial charge in [-0.05, 0) is 19.1 Å². The summed E-state index contributed by atoms with van der Waals surface area (Å²) in [6.45, 7) is 2.01. The molecule has 0 saturated carbocycles. The minimum atomic E-state index is -3.40. The molecule has 1 aromatic rings. The van der Waals surface area contributed by atoms with E-state index in [0.717, 1.165) is 0 Å². The zero-order chi connectivity index (χ0) is 10.6. The Hall–Kier alpha value is -0.620. The van der Waals surface area contributed by atoms with Gasteiger partial charge in [-0.25, -0.2) is 13.1 Å². The molecule has 0 amide bonds. The topological polar surface area (TPSA) is 72.2 Å². The Morgan fingerprint density at radius 3 is 2.33 bits per heavy atom. The van der Waals surface area contributed by atoms with Crippen LogP contribution in [0.3, 0.4) is 0 Å². The molecule has 3 N–H and O–H groups in total. The van der Waals surface area contributed by atoms with E-state index in [1.54, 1.807) is 37.3 Å². The molecule has 0 radical (unpaired) electrons. The van der Waals surface area contributed by atoms with E-state index < -0.39 is 10.0 Å². The van der Waals surface area contributed by atoms with Crippen molar-refractivity contribution in [2.75, 3.05) is 6.54 Å². The predicted octanol–water partition coefficient (Wildman–Crippen LogP) is 0.734. The molecule has 1 atom stereocenters. The van der Waals surface area contributed by atoms with Crippen LogP contribution in [-0.2, 0) is 10.0 Å². The van der Waals surface area contributed by atoms with Crippen LogP contribution in [0.15, 0.2) is 35.2 Å². The van der Waals surface area contributed by atoms with E-state index in [4.69, 9.17) is 5.73 Å². The maximum Gasteiger partial charge on any atom is 0.240 e. The van der Waals surface area contributed by atoms with Gasteiger partial charge in [-0.15, -0.1) is 12.4 Å². The summed E-state index contributed by atoms with van der Waals surface area (Å²) in [4.78, 5) is 0.264. The molecule has 1 rings (SSSR count). The van der Waals surface area contributed by atoms with Crippen LogP contribution in [0.25, 0.3) is 0 Å². The summed E-state index contributed by atoms with van der Waals surface area (Å²) in [5.74, 6) is 0. The van der Waals surface area contributed by atoms with Gasteiger partial charge in [0.2, 0.25) is 10.0 Å². The second-order valence-electron chi connectivity index (χ2n) is 3.07. The number of nitrogens with one attached hydrogen (secondary N) is 1. The molecule has 0 saturated heterocycles. The number of rotatable bonds is 4. The van der Waals surface area contributed by atoms with Crippen LogP contribution < -0.4 is 10.5 Å². The highest BCUT2D eigenvalue weighted by atomic mass is 35.5. The molecule has 0 fully saturated rings. The summed E-state index contributed by atoms with van der Waals surface area (Å²) in [5, 5.41) is 0. The molecule has 0 heterocycles. The first-order valence-electron chi connectivity index (χ1n) is 4.33. The fourth-order valence-corrected chi connectivity index (χ4v) is 2.26. The lowest BCUT2D eigenvalue weighted by Crippen LogP contribution is -2.37. The van der Waals surface area contributed by atoms with E-state index in [9.17, 15) is 8.42 Å². The zero-order valence-corrected chi connectivity index (χ0v) is 10.0. The van der Waals surface area contributed by atoms with Gasteiger partial charge in [0.05, 0.1) is 4.90 Å². The van der Waals surface area contributed by atoms with Crippen molar-refractivity contribution in [2.45, 2.75) is 17.9 Å². The average molecular weight is 251 g/mol. The van der Waals surface area contributed by atoms with Gasteiger partial charge in [0.25, 0.3) is 0 Å². The molecule has 0 aliphatic rings. The number of hydrogen-bond acceptors (Lipinski definition) is 3. The summed E-state index contributed by atoms with van der Waals surface area (Å²) in [5.41, 5.74) is 5.33. The fourth-order valence-electron chi connectivity index (χ4n) is 0.981. The van der Waals surface area contributed by atoms with Gasteiger partial charge < -0.3 is 5.73 Å². The lowest BCUT2D eigenvalue weighted by molar-refractivity contribution is 0.562. The first-order valence-corrected chi connectivity index (χ1v) is 5.82. The van der Waals surface area contributed by atoms with Crippen molar-refractivity contribution in [3.63, 3.8) is 0 Å². The van der Waals surface area contributed by atoms with Crippen LogP contribution in [-0.4, -0.2) is 21.0 Å². The predicted molar refractivity (Wildman–Crippen MR) is 62.5 cm³/mol. The van der Waals surface area contributed by atoms with E-state index in [-0.39, 0.29) is 29.9 Å². The Bertz CT molecular complexity index is 380. The summed E-state index contributed by atoms with van der Waals surface area (Å²) in [7, 11) is -3.40. The van der Waals surface area contributed by atoms with E-state index in [0.29, 0.717) is 0 Å². The van der Waals surface area contributed by atoms with Crippen LogP contribution in [0.5, 0.6) is 0 Å². The molecule has 0 unspecified atom stereocenters. The van der Waals surface area contributed by atoms with Crippen molar-refractivity contribution in [2.24, 2.45) is 5.73 Å². The molecular formula is C9H15ClN2O2S. The van der Waals surface area contributed by atoms with Crippen molar-refractivity contribution in [3.8, 4) is 0 Å². The van der Waals surface area contributed by atoms with Gasteiger partial charge in [-0.1, -0.05) is 18.2 Å². The first-order chi connectivity index (χ1) is 6.56. The quantitative estimate of drug-likeness (QED) is 0.828. The second-order valence-corrected chi connectivity index (χ2v) is 4.79. The lowest BCUT2D eigenvalue weighted by Gasteiger charge is -2.11. The van der Waals surface area contributed by atoms with Gasteiger partial charge in [-0.2, -0.15) is 0 Å². The minimum absolute atomic E-state index is 0. The fraction of sp³-hybridized carbons (Fsp3) is 0.333. The number of benzene rings is 1. The molecule has 86 valence electrons. The number of sulfonamides is 1. The molecule has 0 spiro atoms. The van der Waals surface area contributed by atoms with Crippen LogP contribution in [0.2, 0.25) is 0 Å². The van der Waals surface area contributed by atoms with Crippen molar-refractivity contribution < 1.29 is 8.42 Å². The van der Waals surface area contributed by atoms with Crippen molar-refractivity contribution in [1.82, 2.24) is 4.72 Å². The highest BCUT2D eigenvalue weighted by molar-refractivity contribution is 7.89. The molecular weight excluding hydrogens is 236 g/mol. The Morgan fingerprint density at radius 1 is 1.33 bits per heavy atom. The molecule has 0 aliphatic heterocycles. The molecule has 15 heavy (non-hydrogen) atoms. The monoisotopic (exact) mass is 250 g/mol. The normalized spacial score (nSPS) is 12.9.